The molecule has 0 spiro atoms. The molecule has 0 radical (unpaired) electrons. The first kappa shape index (κ1) is 19.9. The van der Waals surface area contributed by atoms with Gasteiger partial charge in [0.15, 0.2) is 0 Å². The zero-order valence-electron chi connectivity index (χ0n) is 17.1. The molecule has 0 bridgehead atoms. The third-order valence-electron chi connectivity index (χ3n) is 6.20. The summed E-state index contributed by atoms with van der Waals surface area (Å²) in [7, 11) is 0. The summed E-state index contributed by atoms with van der Waals surface area (Å²) < 4.78 is 1.56. The van der Waals surface area contributed by atoms with Gasteiger partial charge < -0.3 is 0 Å². The van der Waals surface area contributed by atoms with Crippen LogP contribution in [-0.2, 0) is 0 Å². The first-order chi connectivity index (χ1) is 12.9. The Kier molecular flexibility index (Phi) is 6.20. The van der Waals surface area contributed by atoms with Crippen molar-refractivity contribution in [3.63, 3.8) is 0 Å². The van der Waals surface area contributed by atoms with Crippen molar-refractivity contribution >= 4 is 5.52 Å². The van der Waals surface area contributed by atoms with E-state index in [4.69, 9.17) is 0 Å². The highest BCUT2D eigenvalue weighted by Crippen LogP contribution is 2.37. The van der Waals surface area contributed by atoms with Gasteiger partial charge in [0.1, 0.15) is 0 Å². The van der Waals surface area contributed by atoms with Gasteiger partial charge in [0.2, 0.25) is 0 Å². The summed E-state index contributed by atoms with van der Waals surface area (Å²) in [5.41, 5.74) is 0.996. The van der Waals surface area contributed by atoms with Crippen LogP contribution < -0.4 is 11.2 Å². The number of aromatic nitrogens is 2. The van der Waals surface area contributed by atoms with Crippen LogP contribution in [0, 0.1) is 5.92 Å². The van der Waals surface area contributed by atoms with Crippen LogP contribution in [0.5, 0.6) is 0 Å². The molecule has 0 amide bonds. The molecule has 27 heavy (non-hydrogen) atoms. The number of aromatic amines is 1. The molecule has 1 saturated carbocycles. The second-order valence-electron chi connectivity index (χ2n) is 8.56. The fourth-order valence-corrected chi connectivity index (χ4v) is 4.76. The molecule has 0 aromatic carbocycles. The lowest BCUT2D eigenvalue weighted by Crippen LogP contribution is -2.38. The first-order valence-corrected chi connectivity index (χ1v) is 10.4. The minimum atomic E-state index is -0.351. The zero-order valence-corrected chi connectivity index (χ0v) is 17.1. The minimum Gasteiger partial charge on any atom is -0.299 e. The zero-order chi connectivity index (χ0) is 19.6. The summed E-state index contributed by atoms with van der Waals surface area (Å²) in [6.07, 6.45) is 7.34. The van der Waals surface area contributed by atoms with Gasteiger partial charge in [-0.25, -0.2) is 4.79 Å². The number of hydrogen-bond acceptors (Lipinski definition) is 3. The highest BCUT2D eigenvalue weighted by atomic mass is 16.2. The first-order valence-electron chi connectivity index (χ1n) is 10.4. The van der Waals surface area contributed by atoms with Gasteiger partial charge in [-0.05, 0) is 90.3 Å². The maximum atomic E-state index is 12.5. The van der Waals surface area contributed by atoms with Crippen molar-refractivity contribution < 1.29 is 0 Å². The lowest BCUT2D eigenvalue weighted by Gasteiger charge is -2.34. The van der Waals surface area contributed by atoms with E-state index in [2.05, 4.69) is 37.6 Å². The number of pyridine rings is 1. The summed E-state index contributed by atoms with van der Waals surface area (Å²) in [4.78, 5) is 29.6. The van der Waals surface area contributed by atoms with Gasteiger partial charge in [-0.2, -0.15) is 0 Å². The second kappa shape index (κ2) is 8.42. The van der Waals surface area contributed by atoms with Crippen LogP contribution in [0.4, 0.5) is 0 Å². The average Bonchev–Trinajstić information content (AvgIpc) is 2.62. The molecule has 1 fully saturated rings. The Bertz CT molecular complexity index is 865. The maximum Gasteiger partial charge on any atom is 0.332 e. The molecule has 0 saturated heterocycles. The summed E-state index contributed by atoms with van der Waals surface area (Å²) in [5, 5.41) is 0. The van der Waals surface area contributed by atoms with Gasteiger partial charge in [-0.15, -0.1) is 0 Å². The monoisotopic (exact) mass is 371 g/mol. The molecule has 1 aliphatic carbocycles. The van der Waals surface area contributed by atoms with Crippen LogP contribution in [0.25, 0.3) is 5.52 Å². The van der Waals surface area contributed by atoms with Crippen molar-refractivity contribution in [3.8, 4) is 0 Å². The molecule has 0 atom stereocenters. The molecule has 2 aromatic rings. The van der Waals surface area contributed by atoms with Crippen molar-refractivity contribution in [2.75, 3.05) is 6.54 Å². The summed E-state index contributed by atoms with van der Waals surface area (Å²) in [6, 6.07) is 6.77. The van der Waals surface area contributed by atoms with E-state index in [0.717, 1.165) is 49.2 Å². The molecule has 148 valence electrons. The van der Waals surface area contributed by atoms with Crippen LogP contribution in [0.15, 0.2) is 34.0 Å². The van der Waals surface area contributed by atoms with Crippen LogP contribution in [0.1, 0.15) is 71.3 Å². The number of nitrogens with zero attached hydrogens (tertiary/aromatic N) is 2. The fourth-order valence-electron chi connectivity index (χ4n) is 4.76. The maximum absolute atomic E-state index is 12.5. The number of fused-ring (bicyclic) bond motifs is 1. The van der Waals surface area contributed by atoms with Gasteiger partial charge >= 0.3 is 5.69 Å². The molecule has 0 aliphatic heterocycles. The highest BCUT2D eigenvalue weighted by Gasteiger charge is 2.27. The van der Waals surface area contributed by atoms with E-state index >= 15 is 0 Å². The van der Waals surface area contributed by atoms with E-state index in [1.807, 2.05) is 18.2 Å². The Morgan fingerprint density at radius 1 is 1.07 bits per heavy atom. The Morgan fingerprint density at radius 2 is 1.74 bits per heavy atom. The second-order valence-corrected chi connectivity index (χ2v) is 8.56. The van der Waals surface area contributed by atoms with Gasteiger partial charge in [0.05, 0.1) is 5.52 Å². The van der Waals surface area contributed by atoms with Gasteiger partial charge in [0.25, 0.3) is 5.56 Å². The molecule has 3 rings (SSSR count). The van der Waals surface area contributed by atoms with Crippen molar-refractivity contribution in [1.82, 2.24) is 14.3 Å². The normalized spacial score (nSPS) is 20.9. The molecule has 1 aliphatic rings. The third kappa shape index (κ3) is 4.34. The number of rotatable bonds is 6. The Morgan fingerprint density at radius 3 is 2.37 bits per heavy atom. The standard InChI is InChI=1S/C22H33N3O2/c1-15(2)24(16(3)4)14-12-17-8-10-18(11-9-17)20-19-7-5-6-13-25(19)22(27)23-21(20)26/h5-7,13,15-18H,8-12,14H2,1-4H3,(H,23,26,27). The van der Waals surface area contributed by atoms with Crippen molar-refractivity contribution in [2.24, 2.45) is 5.92 Å². The topological polar surface area (TPSA) is 57.6 Å². The molecular weight excluding hydrogens is 338 g/mol. The van der Waals surface area contributed by atoms with E-state index < -0.39 is 0 Å². The predicted molar refractivity (Wildman–Crippen MR) is 111 cm³/mol. The summed E-state index contributed by atoms with van der Waals surface area (Å²) in [6.45, 7) is 10.2. The highest BCUT2D eigenvalue weighted by molar-refractivity contribution is 5.54. The van der Waals surface area contributed by atoms with E-state index in [0.29, 0.717) is 12.1 Å². The number of H-pyrrole nitrogens is 1. The van der Waals surface area contributed by atoms with Gasteiger partial charge in [0, 0.05) is 23.8 Å². The van der Waals surface area contributed by atoms with Crippen molar-refractivity contribution in [1.29, 1.82) is 0 Å². The lowest BCUT2D eigenvalue weighted by atomic mass is 9.77. The van der Waals surface area contributed by atoms with Crippen LogP contribution in [0.3, 0.4) is 0 Å². The van der Waals surface area contributed by atoms with Gasteiger partial charge in [-0.3, -0.25) is 19.1 Å². The number of hydrogen-bond donors (Lipinski definition) is 1. The van der Waals surface area contributed by atoms with Crippen molar-refractivity contribution in [2.45, 2.75) is 77.8 Å². The lowest BCUT2D eigenvalue weighted by molar-refractivity contribution is 0.153. The molecule has 2 heterocycles. The Hall–Kier alpha value is -1.88. The molecule has 5 nitrogen and oxygen atoms in total. The van der Waals surface area contributed by atoms with E-state index in [1.54, 1.807) is 10.6 Å². The van der Waals surface area contributed by atoms with Crippen molar-refractivity contribution in [3.05, 3.63) is 50.8 Å². The fraction of sp³-hybridized carbons (Fsp3) is 0.636. The largest absolute Gasteiger partial charge is 0.332 e. The Balaban J connectivity index is 1.69. The van der Waals surface area contributed by atoms with E-state index in [9.17, 15) is 9.59 Å². The molecule has 1 N–H and O–H groups in total. The summed E-state index contributed by atoms with van der Waals surface area (Å²) >= 11 is 0. The van der Waals surface area contributed by atoms with Crippen LogP contribution in [-0.4, -0.2) is 32.9 Å². The van der Waals surface area contributed by atoms with E-state index in [-0.39, 0.29) is 17.2 Å². The predicted octanol–water partition coefficient (Wildman–Crippen LogP) is 3.77. The van der Waals surface area contributed by atoms with E-state index in [1.165, 1.54) is 6.42 Å². The molecule has 2 aromatic heterocycles. The summed E-state index contributed by atoms with van der Waals surface area (Å²) in [5.74, 6) is 0.979. The Labute approximate surface area is 161 Å². The smallest absolute Gasteiger partial charge is 0.299 e. The minimum absolute atomic E-state index is 0.208. The average molecular weight is 372 g/mol. The van der Waals surface area contributed by atoms with Gasteiger partial charge in [-0.1, -0.05) is 6.07 Å². The molecule has 0 unspecified atom stereocenters. The molecule has 5 heteroatoms. The third-order valence-corrected chi connectivity index (χ3v) is 6.20. The molecular formula is C22H33N3O2. The SMILES string of the molecule is CC(C)N(CCC1CCC(c2c(=O)[nH]c(=O)n3ccccc23)CC1)C(C)C. The quantitative estimate of drug-likeness (QED) is 0.841. The number of nitrogens with one attached hydrogen (secondary N) is 1. The van der Waals surface area contributed by atoms with Crippen LogP contribution >= 0.6 is 0 Å². The van der Waals surface area contributed by atoms with Crippen LogP contribution in [0.2, 0.25) is 0 Å².